The van der Waals surface area contributed by atoms with Gasteiger partial charge in [-0.1, -0.05) is 11.6 Å². The zero-order valence-electron chi connectivity index (χ0n) is 12.5. The van der Waals surface area contributed by atoms with Gasteiger partial charge in [-0.05, 0) is 45.4 Å². The van der Waals surface area contributed by atoms with Crippen LogP contribution in [0.4, 0.5) is 14.9 Å². The van der Waals surface area contributed by atoms with Crippen LogP contribution in [0.2, 0.25) is 5.02 Å². The van der Waals surface area contributed by atoms with Crippen molar-refractivity contribution in [1.82, 2.24) is 4.90 Å². The summed E-state index contributed by atoms with van der Waals surface area (Å²) in [4.78, 5) is 13.6. The fourth-order valence-corrected chi connectivity index (χ4v) is 2.37. The van der Waals surface area contributed by atoms with Crippen molar-refractivity contribution in [2.24, 2.45) is 0 Å². The number of carbonyl (C=O) groups is 1. The van der Waals surface area contributed by atoms with E-state index in [4.69, 9.17) is 16.3 Å². The van der Waals surface area contributed by atoms with Crippen molar-refractivity contribution in [3.8, 4) is 0 Å². The molecule has 1 aliphatic heterocycles. The highest BCUT2D eigenvalue weighted by atomic mass is 35.5. The number of hydrogen-bond acceptors (Lipinski definition) is 3. The van der Waals surface area contributed by atoms with E-state index in [-0.39, 0.29) is 18.0 Å². The van der Waals surface area contributed by atoms with Gasteiger partial charge in [-0.15, -0.1) is 0 Å². The molecule has 116 valence electrons. The maximum Gasteiger partial charge on any atom is 0.410 e. The van der Waals surface area contributed by atoms with Gasteiger partial charge in [0.15, 0.2) is 0 Å². The molecule has 0 radical (unpaired) electrons. The Kier molecular flexibility index (Phi) is 4.61. The highest BCUT2D eigenvalue weighted by Gasteiger charge is 2.30. The summed E-state index contributed by atoms with van der Waals surface area (Å²) in [5.41, 5.74) is -0.152. The van der Waals surface area contributed by atoms with Crippen LogP contribution in [0.15, 0.2) is 18.2 Å². The van der Waals surface area contributed by atoms with E-state index in [0.29, 0.717) is 23.8 Å². The zero-order chi connectivity index (χ0) is 15.6. The van der Waals surface area contributed by atoms with Crippen molar-refractivity contribution in [3.05, 3.63) is 29.0 Å². The van der Waals surface area contributed by atoms with Gasteiger partial charge in [0.2, 0.25) is 0 Å². The summed E-state index contributed by atoms with van der Waals surface area (Å²) in [6.45, 7) is 6.57. The Hall–Kier alpha value is -1.49. The van der Waals surface area contributed by atoms with E-state index in [1.807, 2.05) is 20.8 Å². The molecule has 0 spiro atoms. The van der Waals surface area contributed by atoms with Gasteiger partial charge < -0.3 is 15.0 Å². The van der Waals surface area contributed by atoms with Crippen molar-refractivity contribution in [1.29, 1.82) is 0 Å². The van der Waals surface area contributed by atoms with E-state index >= 15 is 0 Å². The van der Waals surface area contributed by atoms with Crippen molar-refractivity contribution in [2.45, 2.75) is 38.8 Å². The maximum atomic E-state index is 13.7. The molecule has 2 rings (SSSR count). The van der Waals surface area contributed by atoms with Gasteiger partial charge in [-0.25, -0.2) is 9.18 Å². The Labute approximate surface area is 129 Å². The van der Waals surface area contributed by atoms with Crippen LogP contribution >= 0.6 is 11.6 Å². The van der Waals surface area contributed by atoms with Crippen LogP contribution in [0.1, 0.15) is 27.2 Å². The second-order valence-corrected chi connectivity index (χ2v) is 6.62. The number of benzene rings is 1. The van der Waals surface area contributed by atoms with Crippen molar-refractivity contribution in [3.63, 3.8) is 0 Å². The number of hydrogen-bond donors (Lipinski definition) is 1. The van der Waals surface area contributed by atoms with Gasteiger partial charge >= 0.3 is 6.09 Å². The molecule has 0 saturated carbocycles. The summed E-state index contributed by atoms with van der Waals surface area (Å²) >= 11 is 5.86. The average Bonchev–Trinajstić information content (AvgIpc) is 2.80. The molecule has 0 bridgehead atoms. The molecule has 21 heavy (non-hydrogen) atoms. The van der Waals surface area contributed by atoms with Crippen LogP contribution in [-0.2, 0) is 4.74 Å². The molecule has 6 heteroatoms. The van der Waals surface area contributed by atoms with Gasteiger partial charge in [0.05, 0.1) is 5.69 Å². The number of nitrogens with one attached hydrogen (secondary N) is 1. The van der Waals surface area contributed by atoms with Gasteiger partial charge in [0, 0.05) is 24.2 Å². The molecular formula is C15H20ClFN2O2. The zero-order valence-corrected chi connectivity index (χ0v) is 13.2. The fraction of sp³-hybridized carbons (Fsp3) is 0.533. The van der Waals surface area contributed by atoms with Crippen molar-refractivity contribution in [2.75, 3.05) is 18.4 Å². The number of carbonyl (C=O) groups excluding carboxylic acids is 1. The standard InChI is InChI=1S/C15H20ClFN2O2/c1-15(2,3)21-14(20)19-7-6-11(9-19)18-13-8-10(16)4-5-12(13)17/h4-5,8,11,18H,6-7,9H2,1-3H3. The minimum absolute atomic E-state index is 0.00881. The van der Waals surface area contributed by atoms with Crippen LogP contribution in [-0.4, -0.2) is 35.7 Å². The quantitative estimate of drug-likeness (QED) is 0.900. The molecule has 0 aromatic heterocycles. The summed E-state index contributed by atoms with van der Waals surface area (Å²) in [6, 6.07) is 4.37. The Morgan fingerprint density at radius 3 is 2.86 bits per heavy atom. The lowest BCUT2D eigenvalue weighted by Crippen LogP contribution is -2.36. The third kappa shape index (κ3) is 4.49. The molecule has 1 heterocycles. The summed E-state index contributed by atoms with van der Waals surface area (Å²) in [7, 11) is 0. The SMILES string of the molecule is CC(C)(C)OC(=O)N1CCC(Nc2cc(Cl)ccc2F)C1. The van der Waals surface area contributed by atoms with Gasteiger partial charge in [0.1, 0.15) is 11.4 Å². The monoisotopic (exact) mass is 314 g/mol. The van der Waals surface area contributed by atoms with E-state index in [1.54, 1.807) is 11.0 Å². The normalized spacial score (nSPS) is 18.7. The van der Waals surface area contributed by atoms with E-state index in [1.165, 1.54) is 12.1 Å². The molecule has 0 aliphatic carbocycles. The van der Waals surface area contributed by atoms with Gasteiger partial charge in [0.25, 0.3) is 0 Å². The number of ether oxygens (including phenoxy) is 1. The molecule has 1 fully saturated rings. The Bertz CT molecular complexity index is 531. The lowest BCUT2D eigenvalue weighted by Gasteiger charge is -2.24. The van der Waals surface area contributed by atoms with Crippen LogP contribution in [0.3, 0.4) is 0 Å². The molecule has 1 unspecified atom stereocenters. The molecule has 1 amide bonds. The van der Waals surface area contributed by atoms with Crippen LogP contribution in [0, 0.1) is 5.82 Å². The molecule has 1 aromatic carbocycles. The predicted molar refractivity (Wildman–Crippen MR) is 81.2 cm³/mol. The summed E-state index contributed by atoms with van der Waals surface area (Å²) < 4.78 is 19.0. The number of anilines is 1. The van der Waals surface area contributed by atoms with Gasteiger partial charge in [-0.2, -0.15) is 0 Å². The second-order valence-electron chi connectivity index (χ2n) is 6.18. The fourth-order valence-electron chi connectivity index (χ4n) is 2.20. The first kappa shape index (κ1) is 15.9. The van der Waals surface area contributed by atoms with Crippen LogP contribution in [0.5, 0.6) is 0 Å². The number of halogens is 2. The lowest BCUT2D eigenvalue weighted by molar-refractivity contribution is 0.0293. The summed E-state index contributed by atoms with van der Waals surface area (Å²) in [5.74, 6) is -0.352. The average molecular weight is 315 g/mol. The van der Waals surface area contributed by atoms with E-state index in [0.717, 1.165) is 6.42 Å². The summed E-state index contributed by atoms with van der Waals surface area (Å²) in [6.07, 6.45) is 0.406. The van der Waals surface area contributed by atoms with E-state index < -0.39 is 5.60 Å². The van der Waals surface area contributed by atoms with E-state index in [9.17, 15) is 9.18 Å². The smallest absolute Gasteiger partial charge is 0.410 e. The highest BCUT2D eigenvalue weighted by Crippen LogP contribution is 2.23. The molecule has 1 aliphatic rings. The van der Waals surface area contributed by atoms with Crippen LogP contribution < -0.4 is 5.32 Å². The first-order chi connectivity index (χ1) is 9.74. The molecule has 1 N–H and O–H groups in total. The molecule has 1 saturated heterocycles. The molecule has 1 atom stereocenters. The molecule has 1 aromatic rings. The first-order valence-electron chi connectivity index (χ1n) is 6.94. The largest absolute Gasteiger partial charge is 0.444 e. The highest BCUT2D eigenvalue weighted by molar-refractivity contribution is 6.30. The maximum absolute atomic E-state index is 13.7. The Morgan fingerprint density at radius 2 is 2.19 bits per heavy atom. The minimum atomic E-state index is -0.512. The second kappa shape index (κ2) is 6.10. The lowest BCUT2D eigenvalue weighted by atomic mass is 10.2. The Balaban J connectivity index is 1.93. The first-order valence-corrected chi connectivity index (χ1v) is 7.32. The molecule has 4 nitrogen and oxygen atoms in total. The van der Waals surface area contributed by atoms with Crippen molar-refractivity contribution >= 4 is 23.4 Å². The summed E-state index contributed by atoms with van der Waals surface area (Å²) in [5, 5.41) is 3.56. The van der Waals surface area contributed by atoms with Crippen LogP contribution in [0.25, 0.3) is 0 Å². The minimum Gasteiger partial charge on any atom is -0.444 e. The molecular weight excluding hydrogens is 295 g/mol. The third-order valence-corrected chi connectivity index (χ3v) is 3.36. The topological polar surface area (TPSA) is 41.6 Å². The number of nitrogens with zero attached hydrogens (tertiary/aromatic N) is 1. The number of rotatable bonds is 2. The number of likely N-dealkylation sites (tertiary alicyclic amines) is 1. The third-order valence-electron chi connectivity index (χ3n) is 3.13. The Morgan fingerprint density at radius 1 is 1.48 bits per heavy atom. The number of amides is 1. The predicted octanol–water partition coefficient (Wildman–Crippen LogP) is 3.90. The van der Waals surface area contributed by atoms with E-state index in [2.05, 4.69) is 5.32 Å². The van der Waals surface area contributed by atoms with Crippen molar-refractivity contribution < 1.29 is 13.9 Å². The van der Waals surface area contributed by atoms with Gasteiger partial charge in [-0.3, -0.25) is 0 Å².